The maximum atomic E-state index is 15.6. The maximum Gasteiger partial charge on any atom is 0.309 e. The third kappa shape index (κ3) is 5.80. The Morgan fingerprint density at radius 3 is 2.05 bits per heavy atom. The average Bonchev–Trinajstić information content (AvgIpc) is 3.52. The summed E-state index contributed by atoms with van der Waals surface area (Å²) in [6.45, 7) is 26.1. The van der Waals surface area contributed by atoms with Crippen LogP contribution in [0.1, 0.15) is 171 Å². The highest BCUT2D eigenvalue weighted by molar-refractivity contribution is 5.84. The quantitative estimate of drug-likeness (QED) is 0.259. The Kier molecular flexibility index (Phi) is 9.61. The van der Waals surface area contributed by atoms with Crippen molar-refractivity contribution in [2.75, 3.05) is 26.2 Å². The van der Waals surface area contributed by atoms with Gasteiger partial charge in [-0.2, -0.15) is 0 Å². The second-order valence-corrected chi connectivity index (χ2v) is 24.7. The lowest BCUT2D eigenvalue weighted by Crippen LogP contribution is -2.68. The highest BCUT2D eigenvalue weighted by Crippen LogP contribution is 2.79. The van der Waals surface area contributed by atoms with Gasteiger partial charge in [0.2, 0.25) is 5.91 Å². The highest BCUT2D eigenvalue weighted by Gasteiger charge is 2.74. The summed E-state index contributed by atoms with van der Waals surface area (Å²) in [6, 6.07) is 0.396. The molecular formula is C50H80N2O5. The number of likely N-dealkylation sites (tertiary alicyclic amines) is 2. The molecule has 320 valence electrons. The fraction of sp³-hybridized carbons (Fsp3) is 0.940. The Hall–Kier alpha value is -1.63. The van der Waals surface area contributed by atoms with Crippen LogP contribution in [0.5, 0.6) is 0 Å². The van der Waals surface area contributed by atoms with Gasteiger partial charge in [-0.15, -0.1) is 0 Å². The Morgan fingerprint density at radius 2 is 1.39 bits per heavy atom. The molecule has 0 aromatic rings. The minimum absolute atomic E-state index is 0.133. The van der Waals surface area contributed by atoms with E-state index in [-0.39, 0.29) is 45.1 Å². The molecule has 1 amide bonds. The number of fused-ring (bicyclic) bond motifs is 7. The van der Waals surface area contributed by atoms with E-state index >= 15 is 4.79 Å². The molecule has 7 aliphatic carbocycles. The van der Waals surface area contributed by atoms with Crippen LogP contribution in [0.15, 0.2) is 0 Å². The van der Waals surface area contributed by atoms with Crippen LogP contribution in [0.2, 0.25) is 0 Å². The van der Waals surface area contributed by atoms with Gasteiger partial charge in [-0.3, -0.25) is 14.4 Å². The summed E-state index contributed by atoms with van der Waals surface area (Å²) in [5.74, 6) is 2.51. The van der Waals surface area contributed by atoms with Crippen LogP contribution in [0.3, 0.4) is 0 Å². The number of esters is 1. The zero-order valence-electron chi connectivity index (χ0n) is 37.6. The van der Waals surface area contributed by atoms with Gasteiger partial charge in [0.25, 0.3) is 0 Å². The molecule has 0 unspecified atom stereocenters. The molecule has 7 heteroatoms. The van der Waals surface area contributed by atoms with Crippen molar-refractivity contribution in [2.24, 2.45) is 85.2 Å². The molecule has 0 bridgehead atoms. The number of rotatable bonds is 7. The van der Waals surface area contributed by atoms with Crippen molar-refractivity contribution in [1.82, 2.24) is 9.80 Å². The van der Waals surface area contributed by atoms with Crippen LogP contribution >= 0.6 is 0 Å². The number of amides is 1. The van der Waals surface area contributed by atoms with Gasteiger partial charge in [-0.25, -0.2) is 0 Å². The molecule has 57 heavy (non-hydrogen) atoms. The van der Waals surface area contributed by atoms with Gasteiger partial charge in [0, 0.05) is 24.5 Å². The first-order valence-corrected chi connectivity index (χ1v) is 24.2. The molecule has 7 nitrogen and oxygen atoms in total. The zero-order valence-corrected chi connectivity index (χ0v) is 37.6. The monoisotopic (exact) mass is 789 g/mol. The number of nitrogens with zero attached hydrogens (tertiary/aromatic N) is 2. The van der Waals surface area contributed by atoms with Crippen molar-refractivity contribution < 1.29 is 24.2 Å². The molecule has 0 spiro atoms. The lowest BCUT2D eigenvalue weighted by atomic mass is 9.32. The van der Waals surface area contributed by atoms with E-state index in [0.29, 0.717) is 53.4 Å². The van der Waals surface area contributed by atoms with Crippen LogP contribution in [-0.2, 0) is 19.1 Å². The number of ether oxygens (including phenoxy) is 1. The van der Waals surface area contributed by atoms with Crippen LogP contribution in [-0.4, -0.2) is 71.1 Å². The molecule has 7 saturated carbocycles. The Morgan fingerprint density at radius 1 is 0.667 bits per heavy atom. The molecule has 2 aliphatic heterocycles. The Bertz CT molecular complexity index is 1630. The molecule has 13 atom stereocenters. The standard InChI is InChI=1S/C50H80N2O5/c1-31-17-27-51(28-18-31)30-32-11-10-26-52(32)43(56)50-21-14-33(46(6)22-23-46)40(50)34-12-13-38-47(7)19-16-39(57-42(55)36-29-35(41(53)54)44(36,2)3)45(4,5)37(47)15-20-49(38,9)48(34,8)24-25-50/h31-40H,10-30H2,1-9H3,(H,53,54)/t32-,33+,34+,35-,36+,37-,38+,39-,40+,47-,48+,49+,50-/m0/s1. The van der Waals surface area contributed by atoms with Gasteiger partial charge >= 0.3 is 11.9 Å². The van der Waals surface area contributed by atoms with Crippen molar-refractivity contribution in [3.05, 3.63) is 0 Å². The van der Waals surface area contributed by atoms with E-state index in [0.717, 1.165) is 44.7 Å². The second-order valence-electron chi connectivity index (χ2n) is 24.7. The lowest BCUT2D eigenvalue weighted by Gasteiger charge is -2.73. The third-order valence-corrected chi connectivity index (χ3v) is 21.8. The Labute approximate surface area is 345 Å². The van der Waals surface area contributed by atoms with Crippen molar-refractivity contribution in [3.63, 3.8) is 0 Å². The normalized spacial score (nSPS) is 48.4. The fourth-order valence-electron chi connectivity index (χ4n) is 17.6. The molecular weight excluding hydrogens is 709 g/mol. The smallest absolute Gasteiger partial charge is 0.309 e. The van der Waals surface area contributed by atoms with Crippen molar-refractivity contribution in [3.8, 4) is 0 Å². The molecule has 2 heterocycles. The van der Waals surface area contributed by atoms with Crippen LogP contribution < -0.4 is 0 Å². The first-order chi connectivity index (χ1) is 26.7. The van der Waals surface area contributed by atoms with Gasteiger partial charge in [-0.1, -0.05) is 62.3 Å². The molecule has 0 radical (unpaired) electrons. The molecule has 9 rings (SSSR count). The number of carboxylic acids is 1. The number of piperidine rings is 1. The largest absolute Gasteiger partial charge is 0.481 e. The van der Waals surface area contributed by atoms with E-state index in [1.54, 1.807) is 0 Å². The molecule has 0 aromatic carbocycles. The lowest BCUT2D eigenvalue weighted by molar-refractivity contribution is -0.253. The molecule has 9 fully saturated rings. The zero-order chi connectivity index (χ0) is 40.7. The van der Waals surface area contributed by atoms with Gasteiger partial charge in [-0.05, 0) is 185 Å². The van der Waals surface area contributed by atoms with Gasteiger partial charge in [0.1, 0.15) is 6.10 Å². The first-order valence-electron chi connectivity index (χ1n) is 24.2. The van der Waals surface area contributed by atoms with E-state index in [2.05, 4.69) is 58.3 Å². The summed E-state index contributed by atoms with van der Waals surface area (Å²) in [5, 5.41) is 9.71. The van der Waals surface area contributed by atoms with Gasteiger partial charge in [0.05, 0.1) is 17.3 Å². The van der Waals surface area contributed by atoms with E-state index in [1.807, 2.05) is 13.8 Å². The van der Waals surface area contributed by atoms with E-state index in [9.17, 15) is 14.7 Å². The first kappa shape index (κ1) is 40.8. The van der Waals surface area contributed by atoms with Crippen molar-refractivity contribution in [2.45, 2.75) is 184 Å². The summed E-state index contributed by atoms with van der Waals surface area (Å²) in [6.07, 6.45) is 19.5. The van der Waals surface area contributed by atoms with Crippen molar-refractivity contribution >= 4 is 17.8 Å². The summed E-state index contributed by atoms with van der Waals surface area (Å²) >= 11 is 0. The van der Waals surface area contributed by atoms with Crippen LogP contribution in [0.4, 0.5) is 0 Å². The SMILES string of the molecule is CC1CCN(C[C@@H]2CCCN2C(=O)[C@]23CC[C@@H](C4(C)CC4)[C@@H]2[C@H]2CC[C@@H]4[C@@]5(C)CC[C@H](OC(=O)[C@H]6C[C@@H](C(=O)O)C6(C)C)C(C)(C)[C@@H]5CC[C@@]4(C)[C@]2(C)CC3)CC1. The van der Waals surface area contributed by atoms with Crippen molar-refractivity contribution in [1.29, 1.82) is 0 Å². The highest BCUT2D eigenvalue weighted by atomic mass is 16.5. The van der Waals surface area contributed by atoms with E-state index in [4.69, 9.17) is 4.74 Å². The average molecular weight is 789 g/mol. The molecule has 9 aliphatic rings. The second kappa shape index (κ2) is 13.4. The van der Waals surface area contributed by atoms with E-state index < -0.39 is 17.3 Å². The van der Waals surface area contributed by atoms with Gasteiger partial charge in [0.15, 0.2) is 0 Å². The molecule has 1 N–H and O–H groups in total. The minimum atomic E-state index is -0.801. The van der Waals surface area contributed by atoms with Gasteiger partial charge < -0.3 is 19.6 Å². The van der Waals surface area contributed by atoms with Crippen LogP contribution in [0, 0.1) is 85.2 Å². The molecule has 2 saturated heterocycles. The topological polar surface area (TPSA) is 87.2 Å². The fourth-order valence-corrected chi connectivity index (χ4v) is 17.6. The number of carbonyl (C=O) groups excluding carboxylic acids is 2. The van der Waals surface area contributed by atoms with Crippen LogP contribution in [0.25, 0.3) is 0 Å². The maximum absolute atomic E-state index is 15.6. The summed E-state index contributed by atoms with van der Waals surface area (Å²) in [5.41, 5.74) is 0.135. The minimum Gasteiger partial charge on any atom is -0.481 e. The Balaban J connectivity index is 0.960. The predicted molar refractivity (Wildman–Crippen MR) is 224 cm³/mol. The predicted octanol–water partition coefficient (Wildman–Crippen LogP) is 10.2. The number of aliphatic carboxylic acids is 1. The summed E-state index contributed by atoms with van der Waals surface area (Å²) < 4.78 is 6.49. The number of hydrogen-bond donors (Lipinski definition) is 1. The number of hydrogen-bond acceptors (Lipinski definition) is 5. The third-order valence-electron chi connectivity index (χ3n) is 21.8. The molecule has 0 aromatic heterocycles. The summed E-state index contributed by atoms with van der Waals surface area (Å²) in [4.78, 5) is 46.2. The number of carbonyl (C=O) groups is 3. The number of carboxylic acid groups (broad SMARTS) is 1. The summed E-state index contributed by atoms with van der Waals surface area (Å²) in [7, 11) is 0. The van der Waals surface area contributed by atoms with E-state index in [1.165, 1.54) is 90.1 Å².